The van der Waals surface area contributed by atoms with E-state index in [0.717, 1.165) is 24.9 Å². The maximum absolute atomic E-state index is 12.4. The Morgan fingerprint density at radius 2 is 2.00 bits per heavy atom. The van der Waals surface area contributed by atoms with Crippen LogP contribution in [-0.2, 0) is 4.79 Å². The van der Waals surface area contributed by atoms with Gasteiger partial charge in [-0.3, -0.25) is 4.79 Å². The van der Waals surface area contributed by atoms with E-state index in [1.165, 1.54) is 12.8 Å². The van der Waals surface area contributed by atoms with Crippen LogP contribution in [0.15, 0.2) is 24.3 Å². The first-order valence-corrected chi connectivity index (χ1v) is 8.51. The molecule has 0 saturated heterocycles. The molecule has 0 aliphatic rings. The highest BCUT2D eigenvalue weighted by Crippen LogP contribution is 2.22. The molecule has 0 N–H and O–H groups in total. The van der Waals surface area contributed by atoms with Crippen molar-refractivity contribution in [2.24, 2.45) is 5.92 Å². The summed E-state index contributed by atoms with van der Waals surface area (Å²) in [5, 5.41) is 1.16. The maximum atomic E-state index is 12.4. The summed E-state index contributed by atoms with van der Waals surface area (Å²) in [7, 11) is 4.00. The Hall–Kier alpha value is -0.830. The van der Waals surface area contributed by atoms with Crippen molar-refractivity contribution in [2.45, 2.75) is 32.6 Å². The molecule has 1 aromatic rings. The molecule has 22 heavy (non-hydrogen) atoms. The smallest absolute Gasteiger partial charge is 0.160 e. The van der Waals surface area contributed by atoms with Gasteiger partial charge in [-0.15, -0.1) is 0 Å². The molecule has 1 aromatic carbocycles. The molecule has 1 rings (SSSR count). The van der Waals surface area contributed by atoms with E-state index in [1.807, 2.05) is 20.2 Å². The van der Waals surface area contributed by atoms with Crippen LogP contribution in [-0.4, -0.2) is 31.3 Å². The van der Waals surface area contributed by atoms with E-state index in [1.54, 1.807) is 24.3 Å². The third-order valence-corrected chi connectivity index (χ3v) is 4.10. The van der Waals surface area contributed by atoms with Crippen LogP contribution in [0.5, 0.6) is 0 Å². The van der Waals surface area contributed by atoms with Gasteiger partial charge in [-0.2, -0.15) is 0 Å². The Bertz CT molecular complexity index is 512. The van der Waals surface area contributed by atoms with Crippen molar-refractivity contribution in [2.75, 3.05) is 20.6 Å². The Morgan fingerprint density at radius 3 is 2.59 bits per heavy atom. The minimum absolute atomic E-state index is 0.0453. The van der Waals surface area contributed by atoms with Crippen LogP contribution in [0.4, 0.5) is 0 Å². The minimum Gasteiger partial charge on any atom is -0.309 e. The predicted octanol–water partition coefficient (Wildman–Crippen LogP) is 5.33. The second-order valence-corrected chi connectivity index (χ2v) is 6.70. The zero-order valence-electron chi connectivity index (χ0n) is 13.6. The maximum Gasteiger partial charge on any atom is 0.160 e. The largest absolute Gasteiger partial charge is 0.309 e. The summed E-state index contributed by atoms with van der Waals surface area (Å²) in [5.41, 5.74) is 0.816. The second-order valence-electron chi connectivity index (χ2n) is 5.86. The average molecular weight is 342 g/mol. The molecule has 2 nitrogen and oxygen atoms in total. The Kier molecular flexibility index (Phi) is 8.77. The molecule has 0 amide bonds. The Labute approximate surface area is 144 Å². The highest BCUT2D eigenvalue weighted by atomic mass is 35.5. The minimum atomic E-state index is 0.0453. The number of allylic oxidation sites excluding steroid dienone is 1. The van der Waals surface area contributed by atoms with Crippen LogP contribution in [0.1, 0.15) is 38.2 Å². The first kappa shape index (κ1) is 19.2. The van der Waals surface area contributed by atoms with E-state index in [-0.39, 0.29) is 11.7 Å². The van der Waals surface area contributed by atoms with E-state index in [0.29, 0.717) is 10.0 Å². The van der Waals surface area contributed by atoms with Gasteiger partial charge in [-0.25, -0.2) is 0 Å². The monoisotopic (exact) mass is 341 g/mol. The molecule has 0 aliphatic carbocycles. The van der Waals surface area contributed by atoms with Gasteiger partial charge in [0, 0.05) is 22.5 Å². The lowest BCUT2D eigenvalue weighted by Crippen LogP contribution is -2.27. The number of nitrogens with zero attached hydrogens (tertiary/aromatic N) is 1. The van der Waals surface area contributed by atoms with Gasteiger partial charge in [0.05, 0.1) is 0 Å². The first-order valence-electron chi connectivity index (χ1n) is 7.75. The molecular formula is C18H25Cl2NO. The average Bonchev–Trinajstić information content (AvgIpc) is 2.45. The van der Waals surface area contributed by atoms with Gasteiger partial charge in [-0.1, -0.05) is 55.5 Å². The van der Waals surface area contributed by atoms with Gasteiger partial charge < -0.3 is 4.90 Å². The summed E-state index contributed by atoms with van der Waals surface area (Å²) < 4.78 is 0. The number of hydrogen-bond donors (Lipinski definition) is 0. The number of halogens is 2. The van der Waals surface area contributed by atoms with Gasteiger partial charge in [0.2, 0.25) is 0 Å². The molecular weight excluding hydrogens is 317 g/mol. The lowest BCUT2D eigenvalue weighted by Gasteiger charge is -2.18. The highest BCUT2D eigenvalue weighted by molar-refractivity contribution is 6.35. The number of carbonyl (C=O) groups excluding carboxylic acids is 1. The summed E-state index contributed by atoms with van der Waals surface area (Å²) in [5.74, 6) is 0.208. The van der Waals surface area contributed by atoms with Gasteiger partial charge in [-0.05, 0) is 50.4 Å². The van der Waals surface area contributed by atoms with Gasteiger partial charge in [0.1, 0.15) is 0 Å². The number of benzene rings is 1. The number of ketones is 1. The molecule has 0 heterocycles. The summed E-state index contributed by atoms with van der Waals surface area (Å²) in [6, 6.07) is 5.29. The van der Waals surface area contributed by atoms with Crippen molar-refractivity contribution in [3.63, 3.8) is 0 Å². The number of carbonyl (C=O) groups is 1. The van der Waals surface area contributed by atoms with Crippen molar-refractivity contribution >= 4 is 35.1 Å². The molecule has 1 atom stereocenters. The SMILES string of the molecule is CCCCC[C@H](CN(C)C)C(=O)/C=C/c1ccc(Cl)cc1Cl. The van der Waals surface area contributed by atoms with Crippen molar-refractivity contribution in [1.82, 2.24) is 4.90 Å². The second kappa shape index (κ2) is 10.0. The molecule has 0 spiro atoms. The van der Waals surface area contributed by atoms with Gasteiger partial charge in [0.25, 0.3) is 0 Å². The number of rotatable bonds is 9. The third kappa shape index (κ3) is 6.95. The van der Waals surface area contributed by atoms with Crippen LogP contribution in [0.3, 0.4) is 0 Å². The molecule has 0 bridgehead atoms. The van der Waals surface area contributed by atoms with E-state index in [2.05, 4.69) is 11.8 Å². The van der Waals surface area contributed by atoms with E-state index >= 15 is 0 Å². The molecule has 0 radical (unpaired) electrons. The summed E-state index contributed by atoms with van der Waals surface area (Å²) in [6.45, 7) is 2.95. The number of unbranched alkanes of at least 4 members (excludes halogenated alkanes) is 2. The lowest BCUT2D eigenvalue weighted by atomic mass is 9.95. The van der Waals surface area contributed by atoms with Gasteiger partial charge in [0.15, 0.2) is 5.78 Å². The number of hydrogen-bond acceptors (Lipinski definition) is 2. The topological polar surface area (TPSA) is 20.3 Å². The van der Waals surface area contributed by atoms with Crippen LogP contribution in [0.25, 0.3) is 6.08 Å². The van der Waals surface area contributed by atoms with E-state index in [9.17, 15) is 4.79 Å². The molecule has 0 unspecified atom stereocenters. The quantitative estimate of drug-likeness (QED) is 0.446. The molecule has 0 aromatic heterocycles. The summed E-state index contributed by atoms with van der Waals surface area (Å²) >= 11 is 12.0. The van der Waals surface area contributed by atoms with E-state index < -0.39 is 0 Å². The van der Waals surface area contributed by atoms with Crippen molar-refractivity contribution in [1.29, 1.82) is 0 Å². The highest BCUT2D eigenvalue weighted by Gasteiger charge is 2.16. The third-order valence-electron chi connectivity index (χ3n) is 3.53. The van der Waals surface area contributed by atoms with Crippen LogP contribution in [0.2, 0.25) is 10.0 Å². The van der Waals surface area contributed by atoms with Crippen LogP contribution >= 0.6 is 23.2 Å². The molecule has 0 saturated carbocycles. The normalized spacial score (nSPS) is 13.0. The zero-order chi connectivity index (χ0) is 16.5. The summed E-state index contributed by atoms with van der Waals surface area (Å²) in [6.07, 6.45) is 7.79. The van der Waals surface area contributed by atoms with Gasteiger partial charge >= 0.3 is 0 Å². The molecule has 0 aliphatic heterocycles. The summed E-state index contributed by atoms with van der Waals surface area (Å²) in [4.78, 5) is 14.5. The van der Waals surface area contributed by atoms with Crippen molar-refractivity contribution in [3.8, 4) is 0 Å². The first-order chi connectivity index (χ1) is 10.4. The Balaban J connectivity index is 2.73. The molecule has 4 heteroatoms. The molecule has 122 valence electrons. The fourth-order valence-electron chi connectivity index (χ4n) is 2.35. The van der Waals surface area contributed by atoms with E-state index in [4.69, 9.17) is 23.2 Å². The van der Waals surface area contributed by atoms with Crippen LogP contribution < -0.4 is 0 Å². The van der Waals surface area contributed by atoms with Crippen molar-refractivity contribution < 1.29 is 4.79 Å². The standard InChI is InChI=1S/C18H25Cl2NO/c1-4-5-6-7-15(13-21(2)3)18(22)11-9-14-8-10-16(19)12-17(14)20/h8-12,15H,4-7,13H2,1-3H3/b11-9+/t15-/m1/s1. The Morgan fingerprint density at radius 1 is 1.27 bits per heavy atom. The van der Waals surface area contributed by atoms with Crippen molar-refractivity contribution in [3.05, 3.63) is 39.9 Å². The zero-order valence-corrected chi connectivity index (χ0v) is 15.1. The molecule has 0 fully saturated rings. The predicted molar refractivity (Wildman–Crippen MR) is 96.7 cm³/mol. The fourth-order valence-corrected chi connectivity index (χ4v) is 2.82. The fraction of sp³-hybridized carbons (Fsp3) is 0.500. The lowest BCUT2D eigenvalue weighted by molar-refractivity contribution is -0.118. The van der Waals surface area contributed by atoms with Crippen LogP contribution in [0, 0.1) is 5.92 Å².